The highest BCUT2D eigenvalue weighted by molar-refractivity contribution is 9.10. The Balaban J connectivity index is 1.99. The lowest BCUT2D eigenvalue weighted by atomic mass is 10.3. The van der Waals surface area contributed by atoms with Crippen LogP contribution < -0.4 is 10.9 Å². The number of carbonyl (C=O) groups is 2. The Morgan fingerprint density at radius 2 is 2.00 bits per heavy atom. The number of anilines is 1. The molecule has 22 heavy (non-hydrogen) atoms. The van der Waals surface area contributed by atoms with E-state index in [9.17, 15) is 14.4 Å². The van der Waals surface area contributed by atoms with Crippen molar-refractivity contribution >= 4 is 33.4 Å². The summed E-state index contributed by atoms with van der Waals surface area (Å²) in [4.78, 5) is 36.2. The molecule has 0 radical (unpaired) electrons. The molecule has 8 heteroatoms. The van der Waals surface area contributed by atoms with Crippen molar-refractivity contribution < 1.29 is 9.59 Å². The summed E-state index contributed by atoms with van der Waals surface area (Å²) in [5, 5.41) is 8.51. The molecule has 0 aliphatic rings. The highest BCUT2D eigenvalue weighted by Gasteiger charge is 2.16. The average Bonchev–Trinajstić information content (AvgIpc) is 2.49. The van der Waals surface area contributed by atoms with E-state index in [4.69, 9.17) is 0 Å². The number of amides is 2. The molecular weight excluding hydrogens is 352 g/mol. The smallest absolute Gasteiger partial charge is 0.274 e. The molecule has 0 spiro atoms. The SMILES string of the molecule is CN(CC(=O)Nc1ccccc1Br)C(=O)c1ccc(=O)[nH]n1. The minimum Gasteiger partial charge on any atom is -0.331 e. The maximum atomic E-state index is 12.1. The third kappa shape index (κ3) is 4.01. The summed E-state index contributed by atoms with van der Waals surface area (Å²) in [5.74, 6) is -0.800. The molecule has 0 aliphatic carbocycles. The molecule has 0 atom stereocenters. The van der Waals surface area contributed by atoms with E-state index in [0.29, 0.717) is 5.69 Å². The second-order valence-electron chi connectivity index (χ2n) is 4.50. The summed E-state index contributed by atoms with van der Waals surface area (Å²) in [6.07, 6.45) is 0. The quantitative estimate of drug-likeness (QED) is 0.853. The number of hydrogen-bond donors (Lipinski definition) is 2. The van der Waals surface area contributed by atoms with E-state index in [-0.39, 0.29) is 18.1 Å². The molecule has 1 aromatic carbocycles. The molecule has 0 fully saturated rings. The Hall–Kier alpha value is -2.48. The molecule has 114 valence electrons. The molecule has 0 saturated carbocycles. The summed E-state index contributed by atoms with van der Waals surface area (Å²) in [7, 11) is 1.48. The van der Waals surface area contributed by atoms with Gasteiger partial charge in [0.2, 0.25) is 5.91 Å². The zero-order chi connectivity index (χ0) is 16.1. The molecule has 7 nitrogen and oxygen atoms in total. The van der Waals surface area contributed by atoms with Crippen molar-refractivity contribution in [3.63, 3.8) is 0 Å². The summed E-state index contributed by atoms with van der Waals surface area (Å²) in [6.45, 7) is -0.138. The van der Waals surface area contributed by atoms with Crippen LogP contribution in [0.2, 0.25) is 0 Å². The van der Waals surface area contributed by atoms with Gasteiger partial charge in [0.25, 0.3) is 11.5 Å². The van der Waals surface area contributed by atoms with Gasteiger partial charge in [-0.25, -0.2) is 5.10 Å². The van der Waals surface area contributed by atoms with Gasteiger partial charge in [-0.3, -0.25) is 14.4 Å². The molecule has 1 heterocycles. The number of aromatic nitrogens is 2. The Morgan fingerprint density at radius 3 is 2.64 bits per heavy atom. The molecule has 0 aliphatic heterocycles. The van der Waals surface area contributed by atoms with Crippen LogP contribution in [0.15, 0.2) is 45.7 Å². The van der Waals surface area contributed by atoms with E-state index in [1.54, 1.807) is 18.2 Å². The third-order valence-electron chi connectivity index (χ3n) is 2.77. The average molecular weight is 365 g/mol. The van der Waals surface area contributed by atoms with Crippen molar-refractivity contribution in [2.24, 2.45) is 0 Å². The highest BCUT2D eigenvalue weighted by atomic mass is 79.9. The van der Waals surface area contributed by atoms with Crippen LogP contribution in [0.4, 0.5) is 5.69 Å². The lowest BCUT2D eigenvalue weighted by molar-refractivity contribution is -0.116. The van der Waals surface area contributed by atoms with Gasteiger partial charge in [0, 0.05) is 17.6 Å². The minimum atomic E-state index is -0.460. The van der Waals surface area contributed by atoms with Crippen LogP contribution in [0.3, 0.4) is 0 Å². The number of benzene rings is 1. The molecule has 1 aromatic heterocycles. The number of para-hydroxylation sites is 1. The normalized spacial score (nSPS) is 10.1. The fraction of sp³-hybridized carbons (Fsp3) is 0.143. The number of rotatable bonds is 4. The number of H-pyrrole nitrogens is 1. The Kier molecular flexibility index (Phi) is 5.05. The summed E-state index contributed by atoms with van der Waals surface area (Å²) < 4.78 is 0.750. The van der Waals surface area contributed by atoms with Gasteiger partial charge >= 0.3 is 0 Å². The Labute approximate surface area is 134 Å². The second-order valence-corrected chi connectivity index (χ2v) is 5.35. The van der Waals surface area contributed by atoms with E-state index in [2.05, 4.69) is 31.4 Å². The summed E-state index contributed by atoms with van der Waals surface area (Å²) >= 11 is 3.32. The van der Waals surface area contributed by atoms with E-state index in [1.807, 2.05) is 6.07 Å². The predicted molar refractivity (Wildman–Crippen MR) is 84.6 cm³/mol. The van der Waals surface area contributed by atoms with Crippen molar-refractivity contribution in [1.82, 2.24) is 15.1 Å². The Bertz CT molecular complexity index is 739. The standard InChI is InChI=1S/C14H13BrN4O3/c1-19(14(22)11-6-7-12(20)18-17-11)8-13(21)16-10-5-3-2-4-9(10)15/h2-7H,8H2,1H3,(H,16,21)(H,18,20). The molecule has 2 aromatic rings. The first-order chi connectivity index (χ1) is 10.5. The molecule has 0 unspecified atom stereocenters. The van der Waals surface area contributed by atoms with Crippen LogP contribution >= 0.6 is 15.9 Å². The predicted octanol–water partition coefficient (Wildman–Crippen LogP) is 1.24. The number of aromatic amines is 1. The fourth-order valence-electron chi connectivity index (χ4n) is 1.70. The zero-order valence-corrected chi connectivity index (χ0v) is 13.3. The number of likely N-dealkylation sites (N-methyl/N-ethyl adjacent to an activating group) is 1. The van der Waals surface area contributed by atoms with Crippen LogP contribution in [-0.2, 0) is 4.79 Å². The van der Waals surface area contributed by atoms with Gasteiger partial charge in [0.1, 0.15) is 5.69 Å². The Morgan fingerprint density at radius 1 is 1.27 bits per heavy atom. The van der Waals surface area contributed by atoms with Crippen LogP contribution in [0.5, 0.6) is 0 Å². The van der Waals surface area contributed by atoms with Crippen molar-refractivity contribution in [1.29, 1.82) is 0 Å². The van der Waals surface area contributed by atoms with Gasteiger partial charge in [-0.1, -0.05) is 12.1 Å². The molecule has 2 amide bonds. The number of nitrogens with zero attached hydrogens (tertiary/aromatic N) is 2. The van der Waals surface area contributed by atoms with Crippen LogP contribution in [0.25, 0.3) is 0 Å². The molecule has 0 bridgehead atoms. The summed E-state index contributed by atoms with van der Waals surface area (Å²) in [6, 6.07) is 9.68. The number of hydrogen-bond acceptors (Lipinski definition) is 4. The zero-order valence-electron chi connectivity index (χ0n) is 11.7. The maximum absolute atomic E-state index is 12.1. The first kappa shape index (κ1) is 15.9. The van der Waals surface area contributed by atoms with Crippen LogP contribution in [0.1, 0.15) is 10.5 Å². The van der Waals surface area contributed by atoms with Gasteiger partial charge < -0.3 is 10.2 Å². The van der Waals surface area contributed by atoms with Crippen molar-refractivity contribution in [3.05, 3.63) is 56.9 Å². The first-order valence-corrected chi connectivity index (χ1v) is 7.12. The number of nitrogens with one attached hydrogen (secondary N) is 2. The molecule has 2 N–H and O–H groups in total. The van der Waals surface area contributed by atoms with Crippen molar-refractivity contribution in [2.45, 2.75) is 0 Å². The lowest BCUT2D eigenvalue weighted by Gasteiger charge is -2.16. The van der Waals surface area contributed by atoms with Crippen molar-refractivity contribution in [3.8, 4) is 0 Å². The van der Waals surface area contributed by atoms with Gasteiger partial charge in [-0.15, -0.1) is 0 Å². The molecular formula is C14H13BrN4O3. The van der Waals surface area contributed by atoms with Gasteiger partial charge in [-0.05, 0) is 34.1 Å². The fourth-order valence-corrected chi connectivity index (χ4v) is 2.08. The van der Waals surface area contributed by atoms with Gasteiger partial charge in [0.15, 0.2) is 0 Å². The molecule has 2 rings (SSSR count). The number of carbonyl (C=O) groups excluding carboxylic acids is 2. The van der Waals surface area contributed by atoms with Crippen LogP contribution in [-0.4, -0.2) is 40.5 Å². The van der Waals surface area contributed by atoms with E-state index < -0.39 is 11.5 Å². The second kappa shape index (κ2) is 6.99. The first-order valence-electron chi connectivity index (χ1n) is 6.33. The van der Waals surface area contributed by atoms with Crippen molar-refractivity contribution in [2.75, 3.05) is 18.9 Å². The highest BCUT2D eigenvalue weighted by Crippen LogP contribution is 2.20. The van der Waals surface area contributed by atoms with E-state index in [0.717, 1.165) is 4.47 Å². The summed E-state index contributed by atoms with van der Waals surface area (Å²) in [5.41, 5.74) is 0.289. The lowest BCUT2D eigenvalue weighted by Crippen LogP contribution is -2.35. The maximum Gasteiger partial charge on any atom is 0.274 e. The number of halogens is 1. The topological polar surface area (TPSA) is 95.2 Å². The third-order valence-corrected chi connectivity index (χ3v) is 3.47. The van der Waals surface area contributed by atoms with Gasteiger partial charge in [-0.2, -0.15) is 5.10 Å². The minimum absolute atomic E-state index is 0.0655. The molecule has 0 saturated heterocycles. The van der Waals surface area contributed by atoms with E-state index >= 15 is 0 Å². The van der Waals surface area contributed by atoms with Crippen LogP contribution in [0, 0.1) is 0 Å². The van der Waals surface area contributed by atoms with E-state index in [1.165, 1.54) is 24.1 Å². The largest absolute Gasteiger partial charge is 0.331 e. The monoisotopic (exact) mass is 364 g/mol. The van der Waals surface area contributed by atoms with Gasteiger partial charge in [0.05, 0.1) is 12.2 Å².